The van der Waals surface area contributed by atoms with Crippen molar-refractivity contribution in [3.8, 4) is 0 Å². The van der Waals surface area contributed by atoms with E-state index in [0.717, 1.165) is 38.5 Å². The van der Waals surface area contributed by atoms with E-state index in [9.17, 15) is 19.5 Å². The first-order valence-electron chi connectivity index (χ1n) is 12.9. The number of aliphatic hydroxyl groups excluding tert-OH is 1. The second-order valence-corrected chi connectivity index (χ2v) is 10.5. The average Bonchev–Trinajstić information content (AvgIpc) is 3.17. The van der Waals surface area contributed by atoms with Crippen LogP contribution in [0.4, 0.5) is 0 Å². The molecule has 0 aromatic carbocycles. The number of hydrogen-bond donors (Lipinski definition) is 1. The molecule has 2 saturated heterocycles. The maximum atomic E-state index is 14.2. The molecule has 4 aliphatic heterocycles. The molecule has 1 unspecified atom stereocenters. The van der Waals surface area contributed by atoms with Crippen molar-refractivity contribution in [2.45, 2.75) is 81.6 Å². The Kier molecular flexibility index (Phi) is 6.31. The summed E-state index contributed by atoms with van der Waals surface area (Å²) in [5, 5.41) is 9.50. The number of aliphatic hydroxyl groups is 1. The Morgan fingerprint density at radius 3 is 2.59 bits per heavy atom. The number of fused-ring (bicyclic) bond motifs is 2. The monoisotopic (exact) mass is 472 g/mol. The van der Waals surface area contributed by atoms with E-state index in [0.29, 0.717) is 19.6 Å². The highest BCUT2D eigenvalue weighted by Gasteiger charge is 2.74. The van der Waals surface area contributed by atoms with Crippen molar-refractivity contribution in [1.82, 2.24) is 9.80 Å². The molecule has 1 spiro atoms. The second kappa shape index (κ2) is 9.11. The van der Waals surface area contributed by atoms with Gasteiger partial charge in [0.25, 0.3) is 0 Å². The molecule has 8 heteroatoms. The fourth-order valence-corrected chi connectivity index (χ4v) is 6.85. The lowest BCUT2D eigenvalue weighted by molar-refractivity contribution is -0.160. The van der Waals surface area contributed by atoms with Crippen LogP contribution in [0.15, 0.2) is 24.3 Å². The standard InChI is InChI=1S/C26H36N2O6/c1-25-12-6-3-7-17-33-24(32)20(25)19-22(30)28(15-9-16-29)21-23(31)27(18-10-4-2-5-11-18)14-8-13-26(19,21)34-25/h6,8,12-13,18-21,29H,2-5,7,9-11,14-17H2,1H3/b12-6-/t19-,20+,21?,25-,26-/m0/s1. The summed E-state index contributed by atoms with van der Waals surface area (Å²) in [6.45, 7) is 2.76. The number of esters is 1. The predicted octanol–water partition coefficient (Wildman–Crippen LogP) is 1.96. The minimum Gasteiger partial charge on any atom is -0.465 e. The highest BCUT2D eigenvalue weighted by atomic mass is 16.6. The number of amides is 2. The molecule has 4 heterocycles. The summed E-state index contributed by atoms with van der Waals surface area (Å²) >= 11 is 0. The normalized spacial score (nSPS) is 39.5. The fraction of sp³-hybridized carbons (Fsp3) is 0.731. The van der Waals surface area contributed by atoms with E-state index in [1.165, 1.54) is 6.42 Å². The van der Waals surface area contributed by atoms with Gasteiger partial charge in [0.1, 0.15) is 17.6 Å². The topological polar surface area (TPSA) is 96.4 Å². The van der Waals surface area contributed by atoms with E-state index < -0.39 is 35.0 Å². The zero-order valence-corrected chi connectivity index (χ0v) is 20.0. The number of carbonyl (C=O) groups excluding carboxylic acids is 3. The van der Waals surface area contributed by atoms with Gasteiger partial charge in [-0.3, -0.25) is 14.4 Å². The Bertz CT molecular complexity index is 896. The third kappa shape index (κ3) is 3.61. The summed E-state index contributed by atoms with van der Waals surface area (Å²) in [7, 11) is 0. The van der Waals surface area contributed by atoms with Crippen molar-refractivity contribution >= 4 is 17.8 Å². The van der Waals surface area contributed by atoms with Crippen molar-refractivity contribution in [2.24, 2.45) is 11.8 Å². The number of hydrogen-bond acceptors (Lipinski definition) is 6. The van der Waals surface area contributed by atoms with Crippen molar-refractivity contribution in [1.29, 1.82) is 0 Å². The summed E-state index contributed by atoms with van der Waals surface area (Å²) in [5.74, 6) is -2.50. The maximum absolute atomic E-state index is 14.2. The van der Waals surface area contributed by atoms with Gasteiger partial charge in [-0.15, -0.1) is 0 Å². The van der Waals surface area contributed by atoms with Gasteiger partial charge in [-0.25, -0.2) is 0 Å². The van der Waals surface area contributed by atoms with Crippen LogP contribution >= 0.6 is 0 Å². The molecular weight excluding hydrogens is 436 g/mol. The van der Waals surface area contributed by atoms with Crippen molar-refractivity contribution in [3.63, 3.8) is 0 Å². The average molecular weight is 473 g/mol. The molecule has 0 aromatic heterocycles. The lowest BCUT2D eigenvalue weighted by atomic mass is 9.74. The second-order valence-electron chi connectivity index (χ2n) is 10.5. The largest absolute Gasteiger partial charge is 0.465 e. The summed E-state index contributed by atoms with van der Waals surface area (Å²) in [5.41, 5.74) is -2.29. The van der Waals surface area contributed by atoms with Gasteiger partial charge in [0, 0.05) is 25.7 Å². The summed E-state index contributed by atoms with van der Waals surface area (Å²) in [4.78, 5) is 44.9. The zero-order valence-electron chi connectivity index (χ0n) is 20.0. The van der Waals surface area contributed by atoms with E-state index in [1.54, 1.807) is 4.90 Å². The molecule has 5 rings (SSSR count). The smallest absolute Gasteiger partial charge is 0.313 e. The molecule has 5 atom stereocenters. The number of nitrogens with zero attached hydrogens (tertiary/aromatic N) is 2. The van der Waals surface area contributed by atoms with E-state index in [4.69, 9.17) is 9.47 Å². The molecule has 1 aliphatic carbocycles. The van der Waals surface area contributed by atoms with Crippen LogP contribution in [0.2, 0.25) is 0 Å². The van der Waals surface area contributed by atoms with Crippen molar-refractivity contribution in [3.05, 3.63) is 24.3 Å². The van der Waals surface area contributed by atoms with Crippen LogP contribution in [0.25, 0.3) is 0 Å². The number of rotatable bonds is 4. The summed E-state index contributed by atoms with van der Waals surface area (Å²) in [6.07, 6.45) is 14.8. The van der Waals surface area contributed by atoms with Crippen LogP contribution in [0, 0.1) is 11.8 Å². The molecule has 0 bridgehead atoms. The minimum atomic E-state index is -1.24. The molecule has 8 nitrogen and oxygen atoms in total. The highest BCUT2D eigenvalue weighted by molar-refractivity contribution is 5.99. The van der Waals surface area contributed by atoms with Gasteiger partial charge in [-0.1, -0.05) is 43.6 Å². The van der Waals surface area contributed by atoms with Crippen molar-refractivity contribution in [2.75, 3.05) is 26.3 Å². The number of carbonyl (C=O) groups is 3. The SMILES string of the molecule is C[C@]12/C=C\CCCOC(=O)[C@H]1[C@H]1C(=O)N(CCCO)C3C(=O)N(C4CCCCC4)CC=C[C@@]31O2. The molecular formula is C26H36N2O6. The van der Waals surface area contributed by atoms with Crippen LogP contribution in [0.1, 0.15) is 58.3 Å². The molecule has 1 N–H and O–H groups in total. The van der Waals surface area contributed by atoms with Gasteiger partial charge in [0.05, 0.1) is 18.1 Å². The van der Waals surface area contributed by atoms with Crippen LogP contribution in [0.5, 0.6) is 0 Å². The van der Waals surface area contributed by atoms with Gasteiger partial charge in [-0.2, -0.15) is 0 Å². The third-order valence-electron chi connectivity index (χ3n) is 8.35. The minimum absolute atomic E-state index is 0.0860. The molecule has 34 heavy (non-hydrogen) atoms. The van der Waals surface area contributed by atoms with Crippen LogP contribution in [-0.4, -0.2) is 82.3 Å². The Hall–Kier alpha value is -2.19. The van der Waals surface area contributed by atoms with Gasteiger partial charge in [-0.05, 0) is 39.0 Å². The highest BCUT2D eigenvalue weighted by Crippen LogP contribution is 2.57. The van der Waals surface area contributed by atoms with E-state index >= 15 is 0 Å². The zero-order chi connectivity index (χ0) is 23.9. The lowest BCUT2D eigenvalue weighted by Gasteiger charge is -2.40. The Labute approximate surface area is 200 Å². The predicted molar refractivity (Wildman–Crippen MR) is 123 cm³/mol. The third-order valence-corrected chi connectivity index (χ3v) is 8.35. The first kappa shape index (κ1) is 23.5. The first-order chi connectivity index (χ1) is 16.4. The van der Waals surface area contributed by atoms with E-state index in [2.05, 4.69) is 0 Å². The van der Waals surface area contributed by atoms with Gasteiger partial charge < -0.3 is 24.4 Å². The first-order valence-corrected chi connectivity index (χ1v) is 12.9. The molecule has 2 amide bonds. The summed E-state index contributed by atoms with van der Waals surface area (Å²) in [6, 6.07) is -0.709. The number of allylic oxidation sites excluding steroid dienone is 1. The fourth-order valence-electron chi connectivity index (χ4n) is 6.85. The van der Waals surface area contributed by atoms with Crippen LogP contribution in [-0.2, 0) is 23.9 Å². The number of likely N-dealkylation sites (tertiary alicyclic amines) is 1. The van der Waals surface area contributed by atoms with Crippen molar-refractivity contribution < 1.29 is 29.0 Å². The van der Waals surface area contributed by atoms with E-state index in [-0.39, 0.29) is 31.0 Å². The Balaban J connectivity index is 1.59. The van der Waals surface area contributed by atoms with Gasteiger partial charge in [0.15, 0.2) is 0 Å². The van der Waals surface area contributed by atoms with E-state index in [1.807, 2.05) is 36.1 Å². The lowest BCUT2D eigenvalue weighted by Crippen LogP contribution is -2.57. The number of ether oxygens (including phenoxy) is 2. The Morgan fingerprint density at radius 2 is 1.82 bits per heavy atom. The van der Waals surface area contributed by atoms with Crippen LogP contribution in [0.3, 0.4) is 0 Å². The molecule has 186 valence electrons. The maximum Gasteiger partial charge on any atom is 0.313 e. The quantitative estimate of drug-likeness (QED) is 0.496. The molecule has 1 saturated carbocycles. The molecule has 0 radical (unpaired) electrons. The van der Waals surface area contributed by atoms with Gasteiger partial charge >= 0.3 is 5.97 Å². The number of cyclic esters (lactones) is 1. The molecule has 3 fully saturated rings. The Morgan fingerprint density at radius 1 is 1.03 bits per heavy atom. The van der Waals surface area contributed by atoms with Crippen LogP contribution < -0.4 is 0 Å². The summed E-state index contributed by atoms with van der Waals surface area (Å²) < 4.78 is 12.3. The molecule has 0 aromatic rings. The molecule has 5 aliphatic rings. The van der Waals surface area contributed by atoms with Gasteiger partial charge in [0.2, 0.25) is 11.8 Å².